The molecule has 1 saturated heterocycles. The molecule has 0 unspecified atom stereocenters. The summed E-state index contributed by atoms with van der Waals surface area (Å²) in [5, 5.41) is 0. The van der Waals surface area contributed by atoms with E-state index in [0.717, 1.165) is 26.1 Å². The Morgan fingerprint density at radius 2 is 2.00 bits per heavy atom. The lowest BCUT2D eigenvalue weighted by molar-refractivity contribution is 0.0620. The normalized spacial score (nSPS) is 19.2. The van der Waals surface area contributed by atoms with Crippen LogP contribution in [0, 0.1) is 5.92 Å². The van der Waals surface area contributed by atoms with Crippen molar-refractivity contribution in [3.05, 3.63) is 0 Å². The van der Waals surface area contributed by atoms with Crippen molar-refractivity contribution in [1.82, 2.24) is 4.31 Å². The second-order valence-corrected chi connectivity index (χ2v) is 6.77. The van der Waals surface area contributed by atoms with Gasteiger partial charge in [0.25, 0.3) is 0 Å². The first-order chi connectivity index (χ1) is 7.56. The highest BCUT2D eigenvalue weighted by Gasteiger charge is 2.22. The van der Waals surface area contributed by atoms with Gasteiger partial charge in [0, 0.05) is 32.7 Å². The fourth-order valence-corrected chi connectivity index (χ4v) is 3.35. The maximum atomic E-state index is 11.8. The van der Waals surface area contributed by atoms with Gasteiger partial charge in [-0.25, -0.2) is 12.7 Å². The van der Waals surface area contributed by atoms with Gasteiger partial charge in [0.1, 0.15) is 0 Å². The van der Waals surface area contributed by atoms with Crippen molar-refractivity contribution in [3.8, 4) is 0 Å². The van der Waals surface area contributed by atoms with Crippen LogP contribution in [0.25, 0.3) is 0 Å². The van der Waals surface area contributed by atoms with Crippen molar-refractivity contribution in [2.45, 2.75) is 19.3 Å². The first-order valence-corrected chi connectivity index (χ1v) is 7.78. The van der Waals surface area contributed by atoms with Gasteiger partial charge in [-0.05, 0) is 25.2 Å². The van der Waals surface area contributed by atoms with Gasteiger partial charge in [-0.3, -0.25) is 0 Å². The quantitative estimate of drug-likeness (QED) is 0.683. The van der Waals surface area contributed by atoms with Crippen LogP contribution in [0.2, 0.25) is 0 Å². The van der Waals surface area contributed by atoms with E-state index < -0.39 is 10.0 Å². The molecule has 0 N–H and O–H groups in total. The summed E-state index contributed by atoms with van der Waals surface area (Å²) in [5.74, 6) is 0.977. The van der Waals surface area contributed by atoms with Crippen LogP contribution < -0.4 is 0 Å². The van der Waals surface area contributed by atoms with E-state index >= 15 is 0 Å². The van der Waals surface area contributed by atoms with Gasteiger partial charge in [-0.15, -0.1) is 11.6 Å². The van der Waals surface area contributed by atoms with Crippen molar-refractivity contribution < 1.29 is 13.2 Å². The summed E-state index contributed by atoms with van der Waals surface area (Å²) >= 11 is 5.50. The highest BCUT2D eigenvalue weighted by atomic mass is 35.5. The number of halogens is 1. The highest BCUT2D eigenvalue weighted by Crippen LogP contribution is 2.17. The average Bonchev–Trinajstić information content (AvgIpc) is 2.28. The summed E-state index contributed by atoms with van der Waals surface area (Å²) in [4.78, 5) is 0. The molecule has 1 aliphatic rings. The summed E-state index contributed by atoms with van der Waals surface area (Å²) in [6.45, 7) is 2.11. The van der Waals surface area contributed by atoms with Crippen LogP contribution in [-0.2, 0) is 14.8 Å². The first kappa shape index (κ1) is 14.2. The van der Waals surface area contributed by atoms with Crippen LogP contribution in [0.15, 0.2) is 0 Å². The zero-order chi connectivity index (χ0) is 12.0. The number of hydrogen-bond donors (Lipinski definition) is 0. The Morgan fingerprint density at radius 1 is 1.38 bits per heavy atom. The SMILES string of the molecule is CN(CC1CCOCC1)S(=O)(=O)CCCCl. The van der Waals surface area contributed by atoms with E-state index in [1.54, 1.807) is 7.05 Å². The Hall–Kier alpha value is 0.160. The van der Waals surface area contributed by atoms with Crippen LogP contribution in [0.4, 0.5) is 0 Å². The predicted molar refractivity (Wildman–Crippen MR) is 65.3 cm³/mol. The van der Waals surface area contributed by atoms with E-state index in [2.05, 4.69) is 0 Å². The number of ether oxygens (including phenoxy) is 1. The number of nitrogens with zero attached hydrogens (tertiary/aromatic N) is 1. The molecule has 16 heavy (non-hydrogen) atoms. The van der Waals surface area contributed by atoms with E-state index in [4.69, 9.17) is 16.3 Å². The topological polar surface area (TPSA) is 46.6 Å². The summed E-state index contributed by atoms with van der Waals surface area (Å²) < 4.78 is 30.3. The lowest BCUT2D eigenvalue weighted by atomic mass is 10.0. The van der Waals surface area contributed by atoms with E-state index in [9.17, 15) is 8.42 Å². The van der Waals surface area contributed by atoms with Gasteiger partial charge in [0.2, 0.25) is 10.0 Å². The predicted octanol–water partition coefficient (Wildman–Crippen LogP) is 1.30. The standard InChI is InChI=1S/C10H20ClNO3S/c1-12(16(13,14)8-2-5-11)9-10-3-6-15-7-4-10/h10H,2-9H2,1H3. The number of hydrogen-bond acceptors (Lipinski definition) is 3. The second kappa shape index (κ2) is 6.79. The fourth-order valence-electron chi connectivity index (χ4n) is 1.80. The summed E-state index contributed by atoms with van der Waals surface area (Å²) in [6.07, 6.45) is 2.42. The molecule has 0 bridgehead atoms. The zero-order valence-corrected chi connectivity index (χ0v) is 11.3. The van der Waals surface area contributed by atoms with Crippen molar-refractivity contribution in [2.24, 2.45) is 5.92 Å². The minimum absolute atomic E-state index is 0.149. The molecule has 0 aromatic heterocycles. The largest absolute Gasteiger partial charge is 0.381 e. The van der Waals surface area contributed by atoms with Gasteiger partial charge in [-0.1, -0.05) is 0 Å². The molecular formula is C10H20ClNO3S. The molecule has 1 heterocycles. The van der Waals surface area contributed by atoms with Gasteiger partial charge >= 0.3 is 0 Å². The van der Waals surface area contributed by atoms with Crippen molar-refractivity contribution in [3.63, 3.8) is 0 Å². The Labute approximate surface area is 103 Å². The van der Waals surface area contributed by atoms with Crippen LogP contribution in [0.3, 0.4) is 0 Å². The highest BCUT2D eigenvalue weighted by molar-refractivity contribution is 7.89. The average molecular weight is 270 g/mol. The Bertz CT molecular complexity index is 288. The molecule has 0 saturated carbocycles. The third-order valence-electron chi connectivity index (χ3n) is 2.87. The summed E-state index contributed by atoms with van der Waals surface area (Å²) in [5.41, 5.74) is 0. The lowest BCUT2D eigenvalue weighted by Gasteiger charge is -2.26. The molecular weight excluding hydrogens is 250 g/mol. The molecule has 6 heteroatoms. The van der Waals surface area contributed by atoms with Gasteiger partial charge in [0.15, 0.2) is 0 Å². The van der Waals surface area contributed by atoms with E-state index in [-0.39, 0.29) is 5.75 Å². The second-order valence-electron chi connectivity index (χ2n) is 4.19. The third-order valence-corrected chi connectivity index (χ3v) is 5.04. The van der Waals surface area contributed by atoms with Crippen molar-refractivity contribution in [1.29, 1.82) is 0 Å². The summed E-state index contributed by atoms with van der Waals surface area (Å²) in [6, 6.07) is 0. The van der Waals surface area contributed by atoms with Crippen LogP contribution in [0.1, 0.15) is 19.3 Å². The summed E-state index contributed by atoms with van der Waals surface area (Å²) in [7, 11) is -1.46. The minimum atomic E-state index is -3.11. The van der Waals surface area contributed by atoms with E-state index in [1.807, 2.05) is 0 Å². The first-order valence-electron chi connectivity index (χ1n) is 5.64. The fraction of sp³-hybridized carbons (Fsp3) is 1.00. The molecule has 0 aromatic rings. The minimum Gasteiger partial charge on any atom is -0.381 e. The van der Waals surface area contributed by atoms with E-state index in [1.165, 1.54) is 4.31 Å². The van der Waals surface area contributed by atoms with Gasteiger partial charge in [-0.2, -0.15) is 0 Å². The maximum Gasteiger partial charge on any atom is 0.213 e. The number of sulfonamides is 1. The third kappa shape index (κ3) is 4.57. The molecule has 96 valence electrons. The van der Waals surface area contributed by atoms with E-state index in [0.29, 0.717) is 24.8 Å². The smallest absolute Gasteiger partial charge is 0.213 e. The molecule has 0 aliphatic carbocycles. The molecule has 0 radical (unpaired) electrons. The molecule has 0 spiro atoms. The van der Waals surface area contributed by atoms with Crippen molar-refractivity contribution >= 4 is 21.6 Å². The molecule has 1 fully saturated rings. The lowest BCUT2D eigenvalue weighted by Crippen LogP contribution is -2.35. The molecule has 4 nitrogen and oxygen atoms in total. The Balaban J connectivity index is 2.40. The van der Waals surface area contributed by atoms with Crippen molar-refractivity contribution in [2.75, 3.05) is 38.4 Å². The Kier molecular flexibility index (Phi) is 6.03. The molecule has 1 aliphatic heterocycles. The zero-order valence-electron chi connectivity index (χ0n) is 9.69. The molecule has 1 rings (SSSR count). The monoisotopic (exact) mass is 269 g/mol. The number of alkyl halides is 1. The molecule has 0 amide bonds. The molecule has 0 aromatic carbocycles. The van der Waals surface area contributed by atoms with Crippen LogP contribution >= 0.6 is 11.6 Å². The number of rotatable bonds is 6. The van der Waals surface area contributed by atoms with Crippen LogP contribution in [0.5, 0.6) is 0 Å². The maximum absolute atomic E-state index is 11.8. The van der Waals surface area contributed by atoms with Gasteiger partial charge in [0.05, 0.1) is 5.75 Å². The van der Waals surface area contributed by atoms with Gasteiger partial charge < -0.3 is 4.74 Å². The van der Waals surface area contributed by atoms with Crippen LogP contribution in [-0.4, -0.2) is 51.2 Å². The molecule has 0 atom stereocenters. The Morgan fingerprint density at radius 3 is 2.56 bits per heavy atom.